The van der Waals surface area contributed by atoms with Crippen molar-refractivity contribution in [3.05, 3.63) is 0 Å². The van der Waals surface area contributed by atoms with Crippen molar-refractivity contribution in [3.63, 3.8) is 0 Å². The Morgan fingerprint density at radius 1 is 1.44 bits per heavy atom. The highest BCUT2D eigenvalue weighted by molar-refractivity contribution is 7.57. The summed E-state index contributed by atoms with van der Waals surface area (Å²) in [7, 11) is -2.94. The lowest BCUT2D eigenvalue weighted by molar-refractivity contribution is 0.314. The van der Waals surface area contributed by atoms with Crippen molar-refractivity contribution in [1.29, 1.82) is 0 Å². The Balaban J connectivity index is 3.58. The molecule has 0 fully saturated rings. The lowest BCUT2D eigenvalue weighted by atomic mass is 10.6. The van der Waals surface area contributed by atoms with Crippen molar-refractivity contribution in [3.8, 4) is 0 Å². The Hall–Kier alpha value is 0.150. The van der Waals surface area contributed by atoms with Crippen LogP contribution in [-0.2, 0) is 4.57 Å². The molecule has 0 aromatic heterocycles. The molecule has 0 aliphatic heterocycles. The van der Waals surface area contributed by atoms with Crippen LogP contribution in [0, 0.1) is 0 Å². The first-order valence-corrected chi connectivity index (χ1v) is 5.07. The van der Waals surface area contributed by atoms with Crippen LogP contribution < -0.4 is 0 Å². The van der Waals surface area contributed by atoms with Gasteiger partial charge in [0.15, 0.2) is 0 Å². The molecule has 2 N–H and O–H groups in total. The highest BCUT2D eigenvalue weighted by Crippen LogP contribution is 2.39. The van der Waals surface area contributed by atoms with Gasteiger partial charge in [0, 0.05) is 12.3 Å². The molecule has 0 aromatic rings. The maximum atomic E-state index is 10.8. The van der Waals surface area contributed by atoms with Crippen LogP contribution in [0.5, 0.6) is 0 Å². The molecule has 0 aromatic carbocycles. The van der Waals surface area contributed by atoms with Crippen molar-refractivity contribution in [1.82, 2.24) is 0 Å². The quantitative estimate of drug-likeness (QED) is 0.582. The van der Waals surface area contributed by atoms with E-state index in [1.165, 1.54) is 0 Å². The first kappa shape index (κ1) is 9.15. The minimum absolute atomic E-state index is 0.0425. The molecule has 3 nitrogen and oxygen atoms in total. The molecule has 0 rings (SSSR count). The molecular weight excluding hydrogens is 139 g/mol. The van der Waals surface area contributed by atoms with Gasteiger partial charge in [0.1, 0.15) is 0 Å². The minimum Gasteiger partial charge on any atom is -0.396 e. The third-order valence-electron chi connectivity index (χ3n) is 1.02. The van der Waals surface area contributed by atoms with Crippen LogP contribution in [0.3, 0.4) is 0 Å². The summed E-state index contributed by atoms with van der Waals surface area (Å²) in [5.41, 5.74) is 0. The molecule has 56 valence electrons. The molecule has 0 aliphatic carbocycles. The van der Waals surface area contributed by atoms with E-state index in [-0.39, 0.29) is 12.8 Å². The summed E-state index contributed by atoms with van der Waals surface area (Å²) < 4.78 is 10.8. The van der Waals surface area contributed by atoms with E-state index in [0.717, 1.165) is 0 Å². The molecule has 0 saturated heterocycles. The molecule has 0 aliphatic rings. The maximum absolute atomic E-state index is 10.8. The van der Waals surface area contributed by atoms with E-state index in [1.54, 1.807) is 0 Å². The van der Waals surface area contributed by atoms with Gasteiger partial charge in [-0.15, -0.1) is 0 Å². The van der Waals surface area contributed by atoms with Crippen molar-refractivity contribution >= 4 is 7.37 Å². The molecule has 1 atom stereocenters. The average molecular weight is 152 g/mol. The Morgan fingerprint density at radius 2 is 2.00 bits per heavy atom. The molecule has 9 heavy (non-hydrogen) atoms. The third kappa shape index (κ3) is 4.64. The minimum atomic E-state index is -2.94. The van der Waals surface area contributed by atoms with Gasteiger partial charge in [-0.3, -0.25) is 4.57 Å². The van der Waals surface area contributed by atoms with Crippen LogP contribution in [0.15, 0.2) is 0 Å². The van der Waals surface area contributed by atoms with E-state index in [1.807, 2.05) is 6.92 Å². The zero-order valence-electron chi connectivity index (χ0n) is 5.58. The number of rotatable bonds is 4. The maximum Gasteiger partial charge on any atom is 0.202 e. The van der Waals surface area contributed by atoms with Crippen LogP contribution in [0.1, 0.15) is 13.3 Å². The highest BCUT2D eigenvalue weighted by atomic mass is 31.2. The SMILES string of the molecule is CCCP(=O)(O)CCO. The van der Waals surface area contributed by atoms with Crippen LogP contribution in [0.2, 0.25) is 0 Å². The third-order valence-corrected chi connectivity index (χ3v) is 3.07. The van der Waals surface area contributed by atoms with Crippen molar-refractivity contribution in [2.75, 3.05) is 18.9 Å². The zero-order valence-corrected chi connectivity index (χ0v) is 6.47. The molecule has 4 heteroatoms. The number of aliphatic hydroxyl groups excluding tert-OH is 1. The van der Waals surface area contributed by atoms with Gasteiger partial charge >= 0.3 is 0 Å². The summed E-state index contributed by atoms with van der Waals surface area (Å²) in [6.45, 7) is 1.66. The largest absolute Gasteiger partial charge is 0.396 e. The van der Waals surface area contributed by atoms with Crippen LogP contribution in [-0.4, -0.2) is 28.9 Å². The van der Waals surface area contributed by atoms with Crippen molar-refractivity contribution in [2.24, 2.45) is 0 Å². The van der Waals surface area contributed by atoms with Gasteiger partial charge < -0.3 is 10.00 Å². The van der Waals surface area contributed by atoms with E-state index in [4.69, 9.17) is 10.00 Å². The second-order valence-corrected chi connectivity index (χ2v) is 4.60. The van der Waals surface area contributed by atoms with E-state index in [0.29, 0.717) is 12.6 Å². The van der Waals surface area contributed by atoms with Gasteiger partial charge in [-0.05, 0) is 6.42 Å². The normalized spacial score (nSPS) is 17.2. The molecule has 0 bridgehead atoms. The standard InChI is InChI=1S/C5H13O3P/c1-2-4-9(7,8)5-3-6/h6H,2-5H2,1H3,(H,7,8). The predicted molar refractivity (Wildman–Crippen MR) is 36.9 cm³/mol. The average Bonchev–Trinajstić information content (AvgIpc) is 1.64. The second-order valence-electron chi connectivity index (χ2n) is 2.02. The first-order chi connectivity index (χ1) is 4.12. The summed E-state index contributed by atoms with van der Waals surface area (Å²) >= 11 is 0. The van der Waals surface area contributed by atoms with Gasteiger partial charge in [0.25, 0.3) is 0 Å². The van der Waals surface area contributed by atoms with E-state index < -0.39 is 7.37 Å². The molecule has 0 spiro atoms. The molecule has 0 radical (unpaired) electrons. The van der Waals surface area contributed by atoms with E-state index >= 15 is 0 Å². The summed E-state index contributed by atoms with van der Waals surface area (Å²) in [4.78, 5) is 8.91. The fraction of sp³-hybridized carbons (Fsp3) is 1.00. The summed E-state index contributed by atoms with van der Waals surface area (Å²) in [6.07, 6.45) is 1.07. The predicted octanol–water partition coefficient (Wildman–Crippen LogP) is 0.659. The van der Waals surface area contributed by atoms with Crippen molar-refractivity contribution < 1.29 is 14.6 Å². The molecular formula is C5H13O3P. The van der Waals surface area contributed by atoms with Gasteiger partial charge in [0.05, 0.1) is 6.61 Å². The van der Waals surface area contributed by atoms with Gasteiger partial charge in [0.2, 0.25) is 7.37 Å². The smallest absolute Gasteiger partial charge is 0.202 e. The molecule has 0 amide bonds. The first-order valence-electron chi connectivity index (χ1n) is 3.04. The Morgan fingerprint density at radius 3 is 2.33 bits per heavy atom. The van der Waals surface area contributed by atoms with Gasteiger partial charge in [-0.25, -0.2) is 0 Å². The molecule has 0 heterocycles. The Kier molecular flexibility index (Phi) is 4.11. The topological polar surface area (TPSA) is 57.5 Å². The van der Waals surface area contributed by atoms with Crippen LogP contribution in [0.25, 0.3) is 0 Å². The fourth-order valence-corrected chi connectivity index (χ4v) is 1.85. The number of aliphatic hydroxyl groups is 1. The lowest BCUT2D eigenvalue weighted by Crippen LogP contribution is -1.97. The summed E-state index contributed by atoms with van der Waals surface area (Å²) in [5.74, 6) is 0. The molecule has 0 saturated carbocycles. The molecule has 1 unspecified atom stereocenters. The lowest BCUT2D eigenvalue weighted by Gasteiger charge is -2.06. The summed E-state index contributed by atoms with van der Waals surface area (Å²) in [6, 6.07) is 0. The second kappa shape index (κ2) is 4.04. The zero-order chi connectivity index (χ0) is 7.33. The number of hydrogen-bond acceptors (Lipinski definition) is 2. The Bertz CT molecular complexity index is 103. The van der Waals surface area contributed by atoms with E-state index in [2.05, 4.69) is 0 Å². The summed E-state index contributed by atoms with van der Waals surface area (Å²) in [5, 5.41) is 8.30. The van der Waals surface area contributed by atoms with Gasteiger partial charge in [-0.1, -0.05) is 6.92 Å². The van der Waals surface area contributed by atoms with Crippen LogP contribution >= 0.6 is 7.37 Å². The Labute approximate surface area is 55.2 Å². The highest BCUT2D eigenvalue weighted by Gasteiger charge is 2.14. The monoisotopic (exact) mass is 152 g/mol. The van der Waals surface area contributed by atoms with Gasteiger partial charge in [-0.2, -0.15) is 0 Å². The van der Waals surface area contributed by atoms with E-state index in [9.17, 15) is 4.57 Å². The number of hydrogen-bond donors (Lipinski definition) is 2. The van der Waals surface area contributed by atoms with Crippen LogP contribution in [0.4, 0.5) is 0 Å². The fourth-order valence-electron chi connectivity index (χ4n) is 0.617. The van der Waals surface area contributed by atoms with Crippen molar-refractivity contribution in [2.45, 2.75) is 13.3 Å².